The summed E-state index contributed by atoms with van der Waals surface area (Å²) in [6.07, 6.45) is 3.64. The van der Waals surface area contributed by atoms with Crippen molar-refractivity contribution >= 4 is 11.6 Å². The molecule has 0 bridgehead atoms. The number of hydrogen-bond acceptors (Lipinski definition) is 7. The summed E-state index contributed by atoms with van der Waals surface area (Å²) in [7, 11) is 0. The normalized spacial score (nSPS) is 27.4. The molecule has 1 aromatic rings. The third kappa shape index (κ3) is 4.94. The van der Waals surface area contributed by atoms with Gasteiger partial charge in [0, 0.05) is 50.3 Å². The van der Waals surface area contributed by atoms with Crippen molar-refractivity contribution in [3.05, 3.63) is 17.7 Å². The highest BCUT2D eigenvalue weighted by Crippen LogP contribution is 2.35. The van der Waals surface area contributed by atoms with Gasteiger partial charge in [-0.15, -0.1) is 0 Å². The number of piperidine rings is 1. The molecule has 3 heterocycles. The van der Waals surface area contributed by atoms with Gasteiger partial charge in [-0.25, -0.2) is 0 Å². The first-order valence-corrected chi connectivity index (χ1v) is 10.6. The molecule has 0 spiro atoms. The van der Waals surface area contributed by atoms with Crippen LogP contribution in [0.2, 0.25) is 0 Å². The molecule has 2 fully saturated rings. The first-order chi connectivity index (χ1) is 14.1. The Labute approximate surface area is 171 Å². The van der Waals surface area contributed by atoms with E-state index in [9.17, 15) is 9.90 Å². The van der Waals surface area contributed by atoms with Gasteiger partial charge < -0.3 is 30.4 Å². The van der Waals surface area contributed by atoms with Gasteiger partial charge >= 0.3 is 0 Å². The molecular formula is C21H31N3O5. The molecule has 29 heavy (non-hydrogen) atoms. The number of rotatable bonds is 5. The maximum absolute atomic E-state index is 12.8. The zero-order chi connectivity index (χ0) is 20.2. The quantitative estimate of drug-likeness (QED) is 0.628. The Morgan fingerprint density at radius 2 is 2.07 bits per heavy atom. The number of nitrogens with zero attached hydrogens (tertiary/aromatic N) is 1. The molecule has 0 aliphatic carbocycles. The number of nitrogens with one attached hydrogen (secondary N) is 1. The highest BCUT2D eigenvalue weighted by atomic mass is 16.5. The van der Waals surface area contributed by atoms with Gasteiger partial charge in [-0.05, 0) is 31.9 Å². The zero-order valence-corrected chi connectivity index (χ0v) is 16.8. The highest BCUT2D eigenvalue weighted by molar-refractivity contribution is 5.98. The average molecular weight is 405 g/mol. The number of aliphatic hydroxyl groups is 1. The van der Waals surface area contributed by atoms with Crippen LogP contribution < -0.4 is 20.5 Å². The van der Waals surface area contributed by atoms with Gasteiger partial charge in [0.25, 0.3) is 5.91 Å². The number of fused-ring (bicyclic) bond motifs is 1. The number of β-amino-alcohol motifs (C(OH)–C–C–N with tert-alkyl or cyclic N) is 1. The third-order valence-corrected chi connectivity index (χ3v) is 5.93. The number of amides is 1. The third-order valence-electron chi connectivity index (χ3n) is 5.93. The second kappa shape index (κ2) is 9.19. The van der Waals surface area contributed by atoms with Crippen LogP contribution in [0.25, 0.3) is 0 Å². The number of anilines is 1. The van der Waals surface area contributed by atoms with Crippen LogP contribution in [0.3, 0.4) is 0 Å². The van der Waals surface area contributed by atoms with Crippen LogP contribution >= 0.6 is 0 Å². The Bertz CT molecular complexity index is 723. The van der Waals surface area contributed by atoms with Crippen molar-refractivity contribution in [1.82, 2.24) is 10.2 Å². The van der Waals surface area contributed by atoms with Gasteiger partial charge in [0.2, 0.25) is 0 Å². The van der Waals surface area contributed by atoms with E-state index in [0.717, 1.165) is 45.4 Å². The summed E-state index contributed by atoms with van der Waals surface area (Å²) < 4.78 is 17.1. The lowest BCUT2D eigenvalue weighted by Gasteiger charge is -2.37. The fraction of sp³-hybridized carbons (Fsp3) is 0.667. The standard InChI is InChI=1S/C21H31N3O5/c22-15-9-17(20-19(10-15)28-7-2-8-29-20)21(26)23-11-14-4-5-24(13-18(14)25)12-16-3-1-6-27-16/h9-10,14,16,18,25H,1-8,11-13,22H2,(H,23,26)/t14-,16?,18+/m0/s1. The van der Waals surface area contributed by atoms with Gasteiger partial charge in [0.1, 0.15) is 0 Å². The fourth-order valence-electron chi connectivity index (χ4n) is 4.31. The number of nitrogens with two attached hydrogens (primary N) is 1. The summed E-state index contributed by atoms with van der Waals surface area (Å²) in [4.78, 5) is 15.1. The summed E-state index contributed by atoms with van der Waals surface area (Å²) >= 11 is 0. The number of aliphatic hydroxyl groups excluding tert-OH is 1. The van der Waals surface area contributed by atoms with Crippen LogP contribution in [0.5, 0.6) is 11.5 Å². The smallest absolute Gasteiger partial charge is 0.255 e. The molecule has 160 valence electrons. The van der Waals surface area contributed by atoms with Crippen LogP contribution in [0, 0.1) is 5.92 Å². The van der Waals surface area contributed by atoms with E-state index in [1.165, 1.54) is 0 Å². The minimum atomic E-state index is -0.469. The molecule has 8 heteroatoms. The first-order valence-electron chi connectivity index (χ1n) is 10.6. The van der Waals surface area contributed by atoms with E-state index >= 15 is 0 Å². The van der Waals surface area contributed by atoms with Crippen LogP contribution in [-0.2, 0) is 4.74 Å². The van der Waals surface area contributed by atoms with Gasteiger partial charge in [-0.2, -0.15) is 0 Å². The molecule has 4 N–H and O–H groups in total. The first kappa shape index (κ1) is 20.3. The summed E-state index contributed by atoms with van der Waals surface area (Å²) in [6, 6.07) is 3.30. The van der Waals surface area contributed by atoms with Crippen molar-refractivity contribution in [2.45, 2.75) is 37.9 Å². The molecule has 8 nitrogen and oxygen atoms in total. The van der Waals surface area contributed by atoms with Gasteiger partial charge in [0.15, 0.2) is 11.5 Å². The van der Waals surface area contributed by atoms with Crippen molar-refractivity contribution in [3.8, 4) is 11.5 Å². The summed E-state index contributed by atoms with van der Waals surface area (Å²) in [5.41, 5.74) is 6.79. The molecule has 2 saturated heterocycles. The second-order valence-corrected chi connectivity index (χ2v) is 8.17. The van der Waals surface area contributed by atoms with Gasteiger partial charge in [-0.3, -0.25) is 9.69 Å². The van der Waals surface area contributed by atoms with Crippen molar-refractivity contribution < 1.29 is 24.1 Å². The average Bonchev–Trinajstić information content (AvgIpc) is 3.09. The summed E-state index contributed by atoms with van der Waals surface area (Å²) in [5, 5.41) is 13.5. The van der Waals surface area contributed by atoms with Gasteiger partial charge in [0.05, 0.1) is 31.0 Å². The van der Waals surface area contributed by atoms with Crippen LogP contribution in [0.4, 0.5) is 5.69 Å². The predicted octanol–water partition coefficient (Wildman–Crippen LogP) is 1.02. The van der Waals surface area contributed by atoms with E-state index in [2.05, 4.69) is 10.2 Å². The van der Waals surface area contributed by atoms with E-state index in [1.54, 1.807) is 12.1 Å². The monoisotopic (exact) mass is 405 g/mol. The second-order valence-electron chi connectivity index (χ2n) is 8.17. The minimum Gasteiger partial charge on any atom is -0.489 e. The topological polar surface area (TPSA) is 106 Å². The Hall–Kier alpha value is -2.03. The Kier molecular flexibility index (Phi) is 6.42. The number of benzene rings is 1. The molecule has 0 radical (unpaired) electrons. The minimum absolute atomic E-state index is 0.0246. The highest BCUT2D eigenvalue weighted by Gasteiger charge is 2.30. The SMILES string of the molecule is Nc1cc2c(c(C(=O)NC[C@@H]3CCN(CC4CCCO4)C[C@H]3O)c1)OCCCO2. The Morgan fingerprint density at radius 1 is 1.21 bits per heavy atom. The number of carbonyl (C=O) groups excluding carboxylic acids is 1. The van der Waals surface area contributed by atoms with Crippen LogP contribution in [-0.4, -0.2) is 74.1 Å². The number of likely N-dealkylation sites (tertiary alicyclic amines) is 1. The van der Waals surface area contributed by atoms with Gasteiger partial charge in [-0.1, -0.05) is 0 Å². The predicted molar refractivity (Wildman–Crippen MR) is 108 cm³/mol. The fourth-order valence-corrected chi connectivity index (χ4v) is 4.31. The largest absolute Gasteiger partial charge is 0.489 e. The van der Waals surface area contributed by atoms with Crippen molar-refractivity contribution in [1.29, 1.82) is 0 Å². The zero-order valence-electron chi connectivity index (χ0n) is 16.8. The number of nitrogen functional groups attached to an aromatic ring is 1. The molecule has 3 atom stereocenters. The molecule has 0 aromatic heterocycles. The van der Waals surface area contributed by atoms with E-state index < -0.39 is 6.10 Å². The molecule has 3 aliphatic heterocycles. The number of ether oxygens (including phenoxy) is 3. The lowest BCUT2D eigenvalue weighted by molar-refractivity contribution is -0.00191. The van der Waals surface area contributed by atoms with E-state index in [0.29, 0.717) is 55.2 Å². The molecule has 3 aliphatic rings. The van der Waals surface area contributed by atoms with Crippen molar-refractivity contribution in [2.75, 3.05) is 51.7 Å². The van der Waals surface area contributed by atoms with E-state index in [1.807, 2.05) is 0 Å². The Balaban J connectivity index is 1.32. The van der Waals surface area contributed by atoms with E-state index in [4.69, 9.17) is 19.9 Å². The Morgan fingerprint density at radius 3 is 2.86 bits per heavy atom. The molecule has 0 saturated carbocycles. The number of carbonyl (C=O) groups is 1. The summed E-state index contributed by atoms with van der Waals surface area (Å²) in [5.74, 6) is 0.723. The molecule has 4 rings (SSSR count). The van der Waals surface area contributed by atoms with Crippen molar-refractivity contribution in [2.24, 2.45) is 5.92 Å². The molecule has 1 aromatic carbocycles. The summed E-state index contributed by atoms with van der Waals surface area (Å²) in [6.45, 7) is 4.69. The number of hydrogen-bond donors (Lipinski definition) is 3. The van der Waals surface area contributed by atoms with E-state index in [-0.39, 0.29) is 11.8 Å². The molecule has 1 unspecified atom stereocenters. The lowest BCUT2D eigenvalue weighted by Crippen LogP contribution is -2.49. The van der Waals surface area contributed by atoms with Crippen molar-refractivity contribution in [3.63, 3.8) is 0 Å². The van der Waals surface area contributed by atoms with Crippen LogP contribution in [0.15, 0.2) is 12.1 Å². The maximum atomic E-state index is 12.8. The molecular weight excluding hydrogens is 374 g/mol. The molecule has 1 amide bonds. The van der Waals surface area contributed by atoms with Crippen LogP contribution in [0.1, 0.15) is 36.0 Å². The lowest BCUT2D eigenvalue weighted by atomic mass is 9.93. The maximum Gasteiger partial charge on any atom is 0.255 e.